The van der Waals surface area contributed by atoms with Crippen molar-refractivity contribution >= 4 is 33.5 Å². The number of halogens is 1. The van der Waals surface area contributed by atoms with Gasteiger partial charge in [-0.1, -0.05) is 6.07 Å². The molecule has 0 bridgehead atoms. The van der Waals surface area contributed by atoms with Crippen LogP contribution in [0.15, 0.2) is 22.7 Å². The van der Waals surface area contributed by atoms with Gasteiger partial charge in [-0.3, -0.25) is 4.79 Å². The van der Waals surface area contributed by atoms with Crippen LogP contribution in [0.2, 0.25) is 0 Å². The maximum Gasteiger partial charge on any atom is 0.340 e. The van der Waals surface area contributed by atoms with Gasteiger partial charge in [0.05, 0.1) is 37.4 Å². The molecule has 1 saturated heterocycles. The Morgan fingerprint density at radius 1 is 1.56 bits per heavy atom. The number of benzene rings is 1. The number of anilines is 1. The van der Waals surface area contributed by atoms with Crippen LogP contribution < -0.4 is 4.90 Å². The van der Waals surface area contributed by atoms with Gasteiger partial charge in [0.1, 0.15) is 0 Å². The van der Waals surface area contributed by atoms with Crippen molar-refractivity contribution in [1.82, 2.24) is 0 Å². The predicted octanol–water partition coefficient (Wildman–Crippen LogP) is 1.33. The second kappa shape index (κ2) is 5.07. The van der Waals surface area contributed by atoms with Gasteiger partial charge in [0.25, 0.3) is 0 Å². The maximum atomic E-state index is 11.8. The van der Waals surface area contributed by atoms with Crippen LogP contribution in [0.4, 0.5) is 5.69 Å². The minimum Gasteiger partial charge on any atom is -0.465 e. The Morgan fingerprint density at radius 3 is 2.83 bits per heavy atom. The molecule has 1 heterocycles. The van der Waals surface area contributed by atoms with E-state index in [-0.39, 0.29) is 18.9 Å². The number of methoxy groups -OCH3 is 1. The van der Waals surface area contributed by atoms with Crippen molar-refractivity contribution in [2.75, 3.05) is 18.6 Å². The number of β-amino-alcohol motifs (C(OH)–C–C–N with tert-alkyl or cyclic N) is 1. The largest absolute Gasteiger partial charge is 0.465 e. The van der Waals surface area contributed by atoms with Crippen LogP contribution >= 0.6 is 15.9 Å². The first kappa shape index (κ1) is 13.0. The molecule has 1 aromatic carbocycles. The average Bonchev–Trinajstić information content (AvgIpc) is 2.67. The molecule has 0 radical (unpaired) electrons. The third kappa shape index (κ3) is 2.26. The summed E-state index contributed by atoms with van der Waals surface area (Å²) in [5.74, 6) is -0.722. The molecule has 1 aliphatic rings. The van der Waals surface area contributed by atoms with E-state index in [1.807, 2.05) is 0 Å². The summed E-state index contributed by atoms with van der Waals surface area (Å²) in [6.07, 6.45) is -0.628. The standard InChI is InChI=1S/C12H12BrNO4/c1-18-12(17)8-3-2-4-9(13)11(8)14-6-7(15)5-10(14)16/h2-4,7,15H,5-6H2,1H3. The minimum absolute atomic E-state index is 0.0714. The van der Waals surface area contributed by atoms with Gasteiger partial charge >= 0.3 is 5.97 Å². The number of esters is 1. The molecule has 1 N–H and O–H groups in total. The number of rotatable bonds is 2. The van der Waals surface area contributed by atoms with E-state index < -0.39 is 12.1 Å². The lowest BCUT2D eigenvalue weighted by Crippen LogP contribution is -2.27. The molecular formula is C12H12BrNO4. The smallest absolute Gasteiger partial charge is 0.340 e. The van der Waals surface area contributed by atoms with E-state index in [0.717, 1.165) is 0 Å². The normalized spacial score (nSPS) is 19.2. The van der Waals surface area contributed by atoms with Crippen LogP contribution in [-0.4, -0.2) is 36.7 Å². The number of carbonyl (C=O) groups excluding carboxylic acids is 2. The summed E-state index contributed by atoms with van der Waals surface area (Å²) in [5.41, 5.74) is 0.750. The number of amides is 1. The number of aliphatic hydroxyl groups is 1. The molecule has 0 spiro atoms. The minimum atomic E-state index is -0.699. The van der Waals surface area contributed by atoms with Gasteiger partial charge in [-0.15, -0.1) is 0 Å². The second-order valence-corrected chi connectivity index (χ2v) is 4.84. The summed E-state index contributed by atoms with van der Waals surface area (Å²) >= 11 is 3.32. The van der Waals surface area contributed by atoms with Gasteiger partial charge in [0, 0.05) is 4.47 Å². The van der Waals surface area contributed by atoms with Crippen molar-refractivity contribution in [3.8, 4) is 0 Å². The lowest BCUT2D eigenvalue weighted by atomic mass is 10.1. The third-order valence-corrected chi connectivity index (χ3v) is 3.41. The van der Waals surface area contributed by atoms with Crippen molar-refractivity contribution in [3.63, 3.8) is 0 Å². The highest BCUT2D eigenvalue weighted by Gasteiger charge is 2.32. The Kier molecular flexibility index (Phi) is 3.68. The molecule has 1 aromatic rings. The molecule has 0 saturated carbocycles. The fourth-order valence-corrected chi connectivity index (χ4v) is 2.55. The zero-order chi connectivity index (χ0) is 13.3. The van der Waals surface area contributed by atoms with Crippen molar-refractivity contribution in [3.05, 3.63) is 28.2 Å². The molecule has 1 atom stereocenters. The van der Waals surface area contributed by atoms with Crippen molar-refractivity contribution in [2.24, 2.45) is 0 Å². The fraction of sp³-hybridized carbons (Fsp3) is 0.333. The molecule has 1 amide bonds. The molecule has 5 nitrogen and oxygen atoms in total. The van der Waals surface area contributed by atoms with E-state index >= 15 is 0 Å². The Hall–Kier alpha value is -1.40. The molecule has 1 aliphatic heterocycles. The lowest BCUT2D eigenvalue weighted by molar-refractivity contribution is -0.117. The van der Waals surface area contributed by atoms with Gasteiger partial charge in [0.2, 0.25) is 5.91 Å². The summed E-state index contributed by atoms with van der Waals surface area (Å²) in [5, 5.41) is 9.51. The lowest BCUT2D eigenvalue weighted by Gasteiger charge is -2.20. The van der Waals surface area contributed by atoms with Crippen LogP contribution in [0.1, 0.15) is 16.8 Å². The van der Waals surface area contributed by atoms with E-state index in [0.29, 0.717) is 15.7 Å². The monoisotopic (exact) mass is 313 g/mol. The van der Waals surface area contributed by atoms with E-state index in [1.165, 1.54) is 12.0 Å². The van der Waals surface area contributed by atoms with Gasteiger partial charge in [-0.25, -0.2) is 4.79 Å². The topological polar surface area (TPSA) is 66.8 Å². The molecule has 1 fully saturated rings. The number of para-hydroxylation sites is 1. The third-order valence-electron chi connectivity index (χ3n) is 2.77. The van der Waals surface area contributed by atoms with Crippen LogP contribution in [0.25, 0.3) is 0 Å². The second-order valence-electron chi connectivity index (χ2n) is 3.99. The molecular weight excluding hydrogens is 302 g/mol. The van der Waals surface area contributed by atoms with Crippen molar-refractivity contribution in [1.29, 1.82) is 0 Å². The van der Waals surface area contributed by atoms with Crippen LogP contribution in [0, 0.1) is 0 Å². The number of carbonyl (C=O) groups is 2. The highest BCUT2D eigenvalue weighted by atomic mass is 79.9. The SMILES string of the molecule is COC(=O)c1cccc(Br)c1N1CC(O)CC1=O. The summed E-state index contributed by atoms with van der Waals surface area (Å²) in [6, 6.07) is 5.01. The van der Waals surface area contributed by atoms with Gasteiger partial charge in [-0.2, -0.15) is 0 Å². The number of hydrogen-bond donors (Lipinski definition) is 1. The fourth-order valence-electron chi connectivity index (χ4n) is 1.97. The Bertz CT molecular complexity index is 503. The Morgan fingerprint density at radius 2 is 2.28 bits per heavy atom. The van der Waals surface area contributed by atoms with E-state index in [4.69, 9.17) is 4.74 Å². The summed E-state index contributed by atoms with van der Waals surface area (Å²) < 4.78 is 5.31. The van der Waals surface area contributed by atoms with Gasteiger partial charge in [-0.05, 0) is 28.1 Å². The van der Waals surface area contributed by atoms with Crippen molar-refractivity contribution in [2.45, 2.75) is 12.5 Å². The van der Waals surface area contributed by atoms with Gasteiger partial charge in [0.15, 0.2) is 0 Å². The molecule has 18 heavy (non-hydrogen) atoms. The zero-order valence-electron chi connectivity index (χ0n) is 9.72. The van der Waals surface area contributed by atoms with Crippen molar-refractivity contribution < 1.29 is 19.4 Å². The maximum absolute atomic E-state index is 11.8. The molecule has 1 unspecified atom stereocenters. The summed E-state index contributed by atoms with van der Waals surface area (Å²) in [7, 11) is 1.29. The van der Waals surface area contributed by atoms with E-state index in [1.54, 1.807) is 18.2 Å². The number of nitrogens with zero attached hydrogens (tertiary/aromatic N) is 1. The highest BCUT2D eigenvalue weighted by Crippen LogP contribution is 2.33. The first-order valence-corrected chi connectivity index (χ1v) is 6.19. The van der Waals surface area contributed by atoms with Crippen LogP contribution in [-0.2, 0) is 9.53 Å². The van der Waals surface area contributed by atoms with Gasteiger partial charge < -0.3 is 14.7 Å². The first-order valence-electron chi connectivity index (χ1n) is 5.40. The molecule has 0 aromatic heterocycles. The van der Waals surface area contributed by atoms with E-state index in [9.17, 15) is 14.7 Å². The summed E-state index contributed by atoms with van der Waals surface area (Å²) in [6.45, 7) is 0.186. The zero-order valence-corrected chi connectivity index (χ0v) is 11.3. The molecule has 96 valence electrons. The molecule has 0 aliphatic carbocycles. The molecule has 6 heteroatoms. The highest BCUT2D eigenvalue weighted by molar-refractivity contribution is 9.10. The predicted molar refractivity (Wildman–Crippen MR) is 68.5 cm³/mol. The average molecular weight is 314 g/mol. The number of hydrogen-bond acceptors (Lipinski definition) is 4. The van der Waals surface area contributed by atoms with Crippen LogP contribution in [0.3, 0.4) is 0 Å². The number of aliphatic hydroxyl groups excluding tert-OH is 1. The van der Waals surface area contributed by atoms with E-state index in [2.05, 4.69) is 15.9 Å². The first-order chi connectivity index (χ1) is 8.54. The molecule has 2 rings (SSSR count). The van der Waals surface area contributed by atoms with Crippen LogP contribution in [0.5, 0.6) is 0 Å². The Balaban J connectivity index is 2.49. The number of ether oxygens (including phenoxy) is 1. The summed E-state index contributed by atoms with van der Waals surface area (Å²) in [4.78, 5) is 24.9. The quantitative estimate of drug-likeness (QED) is 0.837. The Labute approximate surface area is 112 Å².